The predicted molar refractivity (Wildman–Crippen MR) is 82.4 cm³/mol. The Balaban J connectivity index is 1.92. The molecule has 0 saturated heterocycles. The van der Waals surface area contributed by atoms with Crippen molar-refractivity contribution in [2.75, 3.05) is 17.6 Å². The van der Waals surface area contributed by atoms with Crippen LogP contribution in [0.4, 0.5) is 5.82 Å². The molecule has 0 aliphatic rings. The summed E-state index contributed by atoms with van der Waals surface area (Å²) in [6.07, 6.45) is 0. The number of rotatable bonds is 4. The Bertz CT molecular complexity index is 517. The van der Waals surface area contributed by atoms with Gasteiger partial charge in [-0.3, -0.25) is 0 Å². The monoisotopic (exact) mass is 260 g/mol. The first-order valence-electron chi connectivity index (χ1n) is 6.28. The number of hydrogen-bond acceptors (Lipinski definition) is 3. The zero-order valence-corrected chi connectivity index (χ0v) is 12.1. The van der Waals surface area contributed by atoms with Gasteiger partial charge in [0.05, 0.1) is 5.52 Å². The molecule has 18 heavy (non-hydrogen) atoms. The Morgan fingerprint density at radius 2 is 1.89 bits per heavy atom. The molecule has 0 aliphatic carbocycles. The third-order valence-electron chi connectivity index (χ3n) is 2.54. The van der Waals surface area contributed by atoms with Gasteiger partial charge in [-0.2, -0.15) is 11.8 Å². The SMILES string of the molecule is CC(C)(C)SCCNc1ccc2ccccc2n1. The highest BCUT2D eigenvalue weighted by molar-refractivity contribution is 8.00. The summed E-state index contributed by atoms with van der Waals surface area (Å²) in [7, 11) is 0. The van der Waals surface area contributed by atoms with Crippen LogP contribution in [0.3, 0.4) is 0 Å². The second-order valence-electron chi connectivity index (χ2n) is 5.28. The van der Waals surface area contributed by atoms with Crippen LogP contribution in [0.1, 0.15) is 20.8 Å². The van der Waals surface area contributed by atoms with E-state index in [1.165, 1.54) is 5.39 Å². The number of aromatic nitrogens is 1. The smallest absolute Gasteiger partial charge is 0.126 e. The minimum atomic E-state index is 0.332. The van der Waals surface area contributed by atoms with E-state index < -0.39 is 0 Å². The molecule has 2 rings (SSSR count). The van der Waals surface area contributed by atoms with Gasteiger partial charge in [-0.25, -0.2) is 4.98 Å². The quantitative estimate of drug-likeness (QED) is 0.835. The normalized spacial score (nSPS) is 11.7. The molecule has 1 N–H and O–H groups in total. The number of thioether (sulfide) groups is 1. The summed E-state index contributed by atoms with van der Waals surface area (Å²) in [6, 6.07) is 12.4. The third kappa shape index (κ3) is 3.91. The Labute approximate surface area is 113 Å². The topological polar surface area (TPSA) is 24.9 Å². The van der Waals surface area contributed by atoms with Crippen molar-refractivity contribution < 1.29 is 0 Å². The number of nitrogens with zero attached hydrogens (tertiary/aromatic N) is 1. The molecular weight excluding hydrogens is 240 g/mol. The lowest BCUT2D eigenvalue weighted by Crippen LogP contribution is -2.13. The number of pyridine rings is 1. The van der Waals surface area contributed by atoms with Crippen LogP contribution in [0.25, 0.3) is 10.9 Å². The molecule has 0 amide bonds. The Hall–Kier alpha value is -1.22. The summed E-state index contributed by atoms with van der Waals surface area (Å²) < 4.78 is 0.332. The van der Waals surface area contributed by atoms with Crippen molar-refractivity contribution in [3.8, 4) is 0 Å². The second-order valence-corrected chi connectivity index (χ2v) is 7.20. The van der Waals surface area contributed by atoms with Gasteiger partial charge in [-0.1, -0.05) is 39.0 Å². The number of fused-ring (bicyclic) bond motifs is 1. The fourth-order valence-corrected chi connectivity index (χ4v) is 2.52. The third-order valence-corrected chi connectivity index (χ3v) is 3.82. The fourth-order valence-electron chi connectivity index (χ4n) is 1.70. The van der Waals surface area contributed by atoms with Gasteiger partial charge in [0.1, 0.15) is 5.82 Å². The van der Waals surface area contributed by atoms with E-state index in [1.807, 2.05) is 36.0 Å². The number of hydrogen-bond donors (Lipinski definition) is 1. The van der Waals surface area contributed by atoms with E-state index >= 15 is 0 Å². The van der Waals surface area contributed by atoms with Gasteiger partial charge < -0.3 is 5.32 Å². The number of para-hydroxylation sites is 1. The highest BCUT2D eigenvalue weighted by atomic mass is 32.2. The van der Waals surface area contributed by atoms with E-state index in [4.69, 9.17) is 0 Å². The largest absolute Gasteiger partial charge is 0.369 e. The summed E-state index contributed by atoms with van der Waals surface area (Å²) >= 11 is 1.97. The van der Waals surface area contributed by atoms with Crippen molar-refractivity contribution in [3.05, 3.63) is 36.4 Å². The maximum Gasteiger partial charge on any atom is 0.126 e. The first-order valence-corrected chi connectivity index (χ1v) is 7.27. The van der Waals surface area contributed by atoms with E-state index in [1.54, 1.807) is 0 Å². The molecule has 0 saturated carbocycles. The molecule has 1 aromatic carbocycles. The summed E-state index contributed by atoms with van der Waals surface area (Å²) in [5.74, 6) is 2.06. The Morgan fingerprint density at radius 3 is 2.67 bits per heavy atom. The molecule has 0 bridgehead atoms. The molecule has 0 spiro atoms. The van der Waals surface area contributed by atoms with E-state index in [0.717, 1.165) is 23.6 Å². The zero-order chi connectivity index (χ0) is 13.0. The molecule has 2 nitrogen and oxygen atoms in total. The van der Waals surface area contributed by atoms with Crippen LogP contribution in [0, 0.1) is 0 Å². The molecule has 2 aromatic rings. The van der Waals surface area contributed by atoms with Crippen molar-refractivity contribution >= 4 is 28.5 Å². The number of anilines is 1. The average molecular weight is 260 g/mol. The van der Waals surface area contributed by atoms with Crippen LogP contribution in [0.15, 0.2) is 36.4 Å². The van der Waals surface area contributed by atoms with Crippen LogP contribution in [0.2, 0.25) is 0 Å². The minimum absolute atomic E-state index is 0.332. The van der Waals surface area contributed by atoms with E-state index in [-0.39, 0.29) is 0 Å². The molecule has 0 aliphatic heterocycles. The lowest BCUT2D eigenvalue weighted by atomic mass is 10.2. The van der Waals surface area contributed by atoms with Crippen molar-refractivity contribution in [1.29, 1.82) is 0 Å². The molecule has 0 radical (unpaired) electrons. The Kier molecular flexibility index (Phi) is 4.12. The van der Waals surface area contributed by atoms with Gasteiger partial charge in [0.2, 0.25) is 0 Å². The molecule has 1 aromatic heterocycles. The van der Waals surface area contributed by atoms with E-state index in [9.17, 15) is 0 Å². The van der Waals surface area contributed by atoms with Gasteiger partial charge in [-0.15, -0.1) is 0 Å². The fraction of sp³-hybridized carbons (Fsp3) is 0.400. The lowest BCUT2D eigenvalue weighted by molar-refractivity contribution is 0.802. The first-order chi connectivity index (χ1) is 8.54. The number of benzene rings is 1. The highest BCUT2D eigenvalue weighted by Gasteiger charge is 2.09. The minimum Gasteiger partial charge on any atom is -0.369 e. The standard InChI is InChI=1S/C15H20N2S/c1-15(2,3)18-11-10-16-14-9-8-12-6-4-5-7-13(12)17-14/h4-9H,10-11H2,1-3H3,(H,16,17). The molecule has 0 atom stereocenters. The predicted octanol–water partition coefficient (Wildman–Crippen LogP) is 4.18. The van der Waals surface area contributed by atoms with Gasteiger partial charge in [-0.05, 0) is 18.2 Å². The second kappa shape index (κ2) is 5.61. The maximum absolute atomic E-state index is 4.59. The zero-order valence-electron chi connectivity index (χ0n) is 11.2. The molecule has 0 fully saturated rings. The van der Waals surface area contributed by atoms with Crippen LogP contribution in [-0.4, -0.2) is 22.0 Å². The average Bonchev–Trinajstić information content (AvgIpc) is 2.33. The molecular formula is C15H20N2S. The summed E-state index contributed by atoms with van der Waals surface area (Å²) in [5.41, 5.74) is 1.05. The van der Waals surface area contributed by atoms with Crippen molar-refractivity contribution in [2.24, 2.45) is 0 Å². The summed E-state index contributed by atoms with van der Waals surface area (Å²) in [5, 5.41) is 4.56. The Morgan fingerprint density at radius 1 is 1.11 bits per heavy atom. The summed E-state index contributed by atoms with van der Waals surface area (Å²) in [4.78, 5) is 4.59. The van der Waals surface area contributed by atoms with Crippen molar-refractivity contribution in [3.63, 3.8) is 0 Å². The summed E-state index contributed by atoms with van der Waals surface area (Å²) in [6.45, 7) is 7.68. The van der Waals surface area contributed by atoms with Gasteiger partial charge in [0.25, 0.3) is 0 Å². The van der Waals surface area contributed by atoms with Crippen molar-refractivity contribution in [1.82, 2.24) is 4.98 Å². The molecule has 3 heteroatoms. The first kappa shape index (κ1) is 13.2. The van der Waals surface area contributed by atoms with Gasteiger partial charge >= 0.3 is 0 Å². The number of nitrogens with one attached hydrogen (secondary N) is 1. The van der Waals surface area contributed by atoms with Gasteiger partial charge in [0.15, 0.2) is 0 Å². The highest BCUT2D eigenvalue weighted by Crippen LogP contribution is 2.22. The maximum atomic E-state index is 4.59. The lowest BCUT2D eigenvalue weighted by Gasteiger charge is -2.17. The van der Waals surface area contributed by atoms with Crippen LogP contribution in [0.5, 0.6) is 0 Å². The van der Waals surface area contributed by atoms with Crippen molar-refractivity contribution in [2.45, 2.75) is 25.5 Å². The van der Waals surface area contributed by atoms with E-state index in [2.05, 4.69) is 43.2 Å². The molecule has 96 valence electrons. The van der Waals surface area contributed by atoms with Crippen LogP contribution in [-0.2, 0) is 0 Å². The molecule has 0 unspecified atom stereocenters. The molecule has 1 heterocycles. The van der Waals surface area contributed by atoms with Crippen LogP contribution < -0.4 is 5.32 Å². The van der Waals surface area contributed by atoms with E-state index in [0.29, 0.717) is 4.75 Å². The van der Waals surface area contributed by atoms with Crippen LogP contribution >= 0.6 is 11.8 Å². The van der Waals surface area contributed by atoms with Gasteiger partial charge in [0, 0.05) is 22.4 Å².